The summed E-state index contributed by atoms with van der Waals surface area (Å²) in [4.78, 5) is 29.4. The highest BCUT2D eigenvalue weighted by atomic mass is 16.5. The Balaban J connectivity index is 0.000000751. The lowest BCUT2D eigenvalue weighted by Crippen LogP contribution is -2.43. The fraction of sp³-hybridized carbons (Fsp3) is 0.160. The second-order valence-electron chi connectivity index (χ2n) is 7.74. The Morgan fingerprint density at radius 1 is 1.09 bits per heavy atom. The van der Waals surface area contributed by atoms with Gasteiger partial charge in [0.05, 0.1) is 35.4 Å². The number of imidazole rings is 1. The van der Waals surface area contributed by atoms with E-state index in [0.717, 1.165) is 28.2 Å². The monoisotopic (exact) mass is 456 g/mol. The fourth-order valence-electron chi connectivity index (χ4n) is 3.01. The zero-order chi connectivity index (χ0) is 24.7. The van der Waals surface area contributed by atoms with Crippen LogP contribution in [0.15, 0.2) is 67.1 Å². The van der Waals surface area contributed by atoms with Crippen molar-refractivity contribution < 1.29 is 14.3 Å². The van der Waals surface area contributed by atoms with Crippen LogP contribution in [0.2, 0.25) is 0 Å². The van der Waals surface area contributed by atoms with E-state index in [9.17, 15) is 4.79 Å². The van der Waals surface area contributed by atoms with Crippen LogP contribution in [0, 0.1) is 11.3 Å². The molecular formula is C25H24N6O3. The summed E-state index contributed by atoms with van der Waals surface area (Å²) in [5.74, 6) is 0.0208. The standard InChI is InChI=1S/C23H19N5O2.C2H5NO/c1-23(2,22(25)29)30-18-9-7-17(8-10-18)20-12-27-21-13-26-19(14-28(20)21)16-5-3-15(11-24)4-6-16;1-3-2-4/h3-10,12-14H,1-2H3,(H2,25,29);2H,1H3,(H,3,4). The highest BCUT2D eigenvalue weighted by molar-refractivity contribution is 5.83. The van der Waals surface area contributed by atoms with Gasteiger partial charge in [-0.05, 0) is 50.2 Å². The molecule has 0 saturated heterocycles. The maximum atomic E-state index is 11.5. The summed E-state index contributed by atoms with van der Waals surface area (Å²) >= 11 is 0. The molecule has 34 heavy (non-hydrogen) atoms. The number of amides is 2. The molecule has 3 N–H and O–H groups in total. The molecule has 0 bridgehead atoms. The number of nitriles is 1. The minimum Gasteiger partial charge on any atom is -0.478 e. The number of nitrogens with one attached hydrogen (secondary N) is 1. The van der Waals surface area contributed by atoms with Crippen LogP contribution in [-0.2, 0) is 9.59 Å². The molecule has 0 unspecified atom stereocenters. The van der Waals surface area contributed by atoms with E-state index in [2.05, 4.69) is 21.4 Å². The average Bonchev–Trinajstić information content (AvgIpc) is 3.27. The molecule has 0 fully saturated rings. The lowest BCUT2D eigenvalue weighted by molar-refractivity contribution is -0.130. The molecule has 2 aromatic heterocycles. The third-order valence-electron chi connectivity index (χ3n) is 4.94. The number of nitrogens with zero attached hydrogens (tertiary/aromatic N) is 4. The first-order valence-electron chi connectivity index (χ1n) is 10.3. The predicted octanol–water partition coefficient (Wildman–Crippen LogP) is 2.94. The van der Waals surface area contributed by atoms with Crippen molar-refractivity contribution in [3.8, 4) is 34.3 Å². The van der Waals surface area contributed by atoms with Crippen molar-refractivity contribution in [2.24, 2.45) is 5.73 Å². The largest absolute Gasteiger partial charge is 0.478 e. The number of fused-ring (bicyclic) bond motifs is 1. The number of nitrogens with two attached hydrogens (primary N) is 1. The summed E-state index contributed by atoms with van der Waals surface area (Å²) in [6.45, 7) is 3.26. The lowest BCUT2D eigenvalue weighted by atomic mass is 10.1. The maximum Gasteiger partial charge on any atom is 0.261 e. The van der Waals surface area contributed by atoms with E-state index >= 15 is 0 Å². The van der Waals surface area contributed by atoms with Crippen LogP contribution >= 0.6 is 0 Å². The van der Waals surface area contributed by atoms with E-state index < -0.39 is 11.5 Å². The first kappa shape index (κ1) is 23.9. The summed E-state index contributed by atoms with van der Waals surface area (Å²) in [6.07, 6.45) is 6.03. The second-order valence-corrected chi connectivity index (χ2v) is 7.74. The van der Waals surface area contributed by atoms with Crippen LogP contribution in [0.4, 0.5) is 0 Å². The number of benzene rings is 2. The molecule has 2 heterocycles. The zero-order valence-corrected chi connectivity index (χ0v) is 19.0. The number of hydrogen-bond acceptors (Lipinski definition) is 6. The SMILES string of the molecule is CC(C)(Oc1ccc(-c2cnc3cnc(-c4ccc(C#N)cc4)cn23)cc1)C(N)=O.CNC=O. The third-order valence-corrected chi connectivity index (χ3v) is 4.94. The number of hydrogen-bond donors (Lipinski definition) is 2. The first-order chi connectivity index (χ1) is 16.3. The number of rotatable bonds is 6. The van der Waals surface area contributed by atoms with Gasteiger partial charge < -0.3 is 15.8 Å². The predicted molar refractivity (Wildman–Crippen MR) is 128 cm³/mol. The summed E-state index contributed by atoms with van der Waals surface area (Å²) in [7, 11) is 1.56. The Hall–Kier alpha value is -4.71. The summed E-state index contributed by atoms with van der Waals surface area (Å²) in [5.41, 5.74) is 9.11. The van der Waals surface area contributed by atoms with E-state index in [4.69, 9.17) is 20.5 Å². The quantitative estimate of drug-likeness (QED) is 0.428. The average molecular weight is 457 g/mol. The van der Waals surface area contributed by atoms with Crippen molar-refractivity contribution in [2.45, 2.75) is 19.4 Å². The molecule has 0 aliphatic heterocycles. The Morgan fingerprint density at radius 2 is 1.71 bits per heavy atom. The molecular weight excluding hydrogens is 432 g/mol. The fourth-order valence-corrected chi connectivity index (χ4v) is 3.01. The minimum atomic E-state index is -1.09. The van der Waals surface area contributed by atoms with Gasteiger partial charge in [-0.2, -0.15) is 5.26 Å². The van der Waals surface area contributed by atoms with Gasteiger partial charge in [0, 0.05) is 24.4 Å². The molecule has 9 heteroatoms. The van der Waals surface area contributed by atoms with Crippen LogP contribution in [0.25, 0.3) is 28.2 Å². The molecule has 0 aliphatic rings. The Labute approximate surface area is 196 Å². The van der Waals surface area contributed by atoms with Gasteiger partial charge in [-0.15, -0.1) is 0 Å². The van der Waals surface area contributed by atoms with Crippen LogP contribution in [0.1, 0.15) is 19.4 Å². The number of carbonyl (C=O) groups excluding carboxylic acids is 2. The Morgan fingerprint density at radius 3 is 2.26 bits per heavy atom. The summed E-state index contributed by atoms with van der Waals surface area (Å²) < 4.78 is 7.65. The zero-order valence-electron chi connectivity index (χ0n) is 19.0. The van der Waals surface area contributed by atoms with Crippen molar-refractivity contribution in [1.29, 1.82) is 5.26 Å². The van der Waals surface area contributed by atoms with Gasteiger partial charge in [0.1, 0.15) is 5.75 Å². The molecule has 2 amide bonds. The number of aromatic nitrogens is 3. The van der Waals surface area contributed by atoms with Gasteiger partial charge in [0.15, 0.2) is 11.2 Å². The molecule has 0 spiro atoms. The second kappa shape index (κ2) is 10.3. The van der Waals surface area contributed by atoms with E-state index in [1.807, 2.05) is 34.9 Å². The molecule has 0 radical (unpaired) electrons. The third kappa shape index (κ3) is 5.37. The number of ether oxygens (including phenoxy) is 1. The van der Waals surface area contributed by atoms with Crippen molar-refractivity contribution >= 4 is 18.0 Å². The van der Waals surface area contributed by atoms with Gasteiger partial charge in [-0.1, -0.05) is 12.1 Å². The normalized spacial score (nSPS) is 10.5. The Kier molecular flexibility index (Phi) is 7.23. The van der Waals surface area contributed by atoms with Gasteiger partial charge in [0.2, 0.25) is 6.41 Å². The molecule has 172 valence electrons. The summed E-state index contributed by atoms with van der Waals surface area (Å²) in [6, 6.07) is 16.8. The van der Waals surface area contributed by atoms with Gasteiger partial charge in [-0.3, -0.25) is 19.0 Å². The molecule has 0 atom stereocenters. The van der Waals surface area contributed by atoms with Crippen LogP contribution in [0.3, 0.4) is 0 Å². The number of primary amides is 1. The van der Waals surface area contributed by atoms with Crippen LogP contribution in [0.5, 0.6) is 5.75 Å². The van der Waals surface area contributed by atoms with Gasteiger partial charge in [-0.25, -0.2) is 4.98 Å². The molecule has 4 rings (SSSR count). The van der Waals surface area contributed by atoms with Crippen LogP contribution < -0.4 is 15.8 Å². The van der Waals surface area contributed by atoms with E-state index in [1.54, 1.807) is 57.6 Å². The molecule has 9 nitrogen and oxygen atoms in total. The molecule has 2 aromatic carbocycles. The van der Waals surface area contributed by atoms with E-state index in [1.165, 1.54) is 0 Å². The smallest absolute Gasteiger partial charge is 0.261 e. The molecule has 0 aliphatic carbocycles. The van der Waals surface area contributed by atoms with Crippen molar-refractivity contribution in [3.05, 3.63) is 72.7 Å². The maximum absolute atomic E-state index is 11.5. The van der Waals surface area contributed by atoms with Gasteiger partial charge in [0.25, 0.3) is 5.91 Å². The van der Waals surface area contributed by atoms with E-state index in [0.29, 0.717) is 17.7 Å². The van der Waals surface area contributed by atoms with Crippen molar-refractivity contribution in [3.63, 3.8) is 0 Å². The van der Waals surface area contributed by atoms with Gasteiger partial charge >= 0.3 is 0 Å². The minimum absolute atomic E-state index is 0.531. The van der Waals surface area contributed by atoms with Crippen LogP contribution in [-0.4, -0.2) is 39.3 Å². The Bertz CT molecular complexity index is 1340. The highest BCUT2D eigenvalue weighted by Crippen LogP contribution is 2.27. The number of carbonyl (C=O) groups is 2. The first-order valence-corrected chi connectivity index (χ1v) is 10.3. The van der Waals surface area contributed by atoms with Crippen molar-refractivity contribution in [2.75, 3.05) is 7.05 Å². The van der Waals surface area contributed by atoms with E-state index in [-0.39, 0.29) is 0 Å². The summed E-state index contributed by atoms with van der Waals surface area (Å²) in [5, 5.41) is 11.2. The molecule has 4 aromatic rings. The lowest BCUT2D eigenvalue weighted by Gasteiger charge is -2.22. The topological polar surface area (TPSA) is 135 Å². The highest BCUT2D eigenvalue weighted by Gasteiger charge is 2.27. The van der Waals surface area contributed by atoms with Crippen molar-refractivity contribution in [1.82, 2.24) is 19.7 Å². The molecule has 0 saturated carbocycles.